The quantitative estimate of drug-likeness (QED) is 0.184. The molecule has 0 amide bonds. The number of esters is 1. The third-order valence-corrected chi connectivity index (χ3v) is 3.25. The molecule has 110 valence electrons. The molecule has 0 aliphatic carbocycles. The number of ether oxygens (including phenoxy) is 1. The van der Waals surface area contributed by atoms with Crippen LogP contribution in [-0.4, -0.2) is 5.97 Å². The van der Waals surface area contributed by atoms with Crippen molar-refractivity contribution in [2.24, 2.45) is 0 Å². The second-order valence-electron chi connectivity index (χ2n) is 3.82. The van der Waals surface area contributed by atoms with Crippen LogP contribution < -0.4 is 4.74 Å². The van der Waals surface area contributed by atoms with E-state index in [1.165, 1.54) is 0 Å². The first-order valence-corrected chi connectivity index (χ1v) is 6.39. The third-order valence-electron chi connectivity index (χ3n) is 2.43. The largest absolute Gasteiger partial charge is 0.420 e. The summed E-state index contributed by atoms with van der Waals surface area (Å²) in [5, 5.41) is 0. The molecule has 0 heterocycles. The van der Waals surface area contributed by atoms with Gasteiger partial charge in [-0.1, -0.05) is 0 Å². The van der Waals surface area contributed by atoms with Gasteiger partial charge >= 0.3 is 5.97 Å². The van der Waals surface area contributed by atoms with E-state index in [1.54, 1.807) is 22.6 Å². The Morgan fingerprint density at radius 2 is 1.57 bits per heavy atom. The highest BCUT2D eigenvalue weighted by Crippen LogP contribution is 2.25. The average molecular weight is 414 g/mol. The van der Waals surface area contributed by atoms with E-state index in [9.17, 15) is 26.7 Å². The number of hydrogen-bond donors (Lipinski definition) is 0. The van der Waals surface area contributed by atoms with Crippen molar-refractivity contribution in [3.8, 4) is 5.75 Å². The van der Waals surface area contributed by atoms with Crippen LogP contribution in [0.3, 0.4) is 0 Å². The fourth-order valence-electron chi connectivity index (χ4n) is 1.41. The summed E-state index contributed by atoms with van der Waals surface area (Å²) < 4.78 is 69.6. The van der Waals surface area contributed by atoms with Crippen molar-refractivity contribution in [1.82, 2.24) is 0 Å². The number of carbonyl (C=O) groups is 1. The van der Waals surface area contributed by atoms with Crippen LogP contribution in [0.25, 0.3) is 0 Å². The predicted octanol–water partition coefficient (Wildman–Crippen LogP) is 4.21. The Labute approximate surface area is 128 Å². The van der Waals surface area contributed by atoms with Gasteiger partial charge in [0, 0.05) is 9.64 Å². The van der Waals surface area contributed by atoms with Gasteiger partial charge in [0.25, 0.3) is 0 Å². The van der Waals surface area contributed by atoms with Crippen LogP contribution in [0.1, 0.15) is 10.4 Å². The maximum Gasteiger partial charge on any atom is 0.343 e. The lowest BCUT2D eigenvalue weighted by atomic mass is 10.2. The fraction of sp³-hybridized carbons (Fsp3) is 0. The van der Waals surface area contributed by atoms with Gasteiger partial charge in [-0.15, -0.1) is 0 Å². The molecule has 0 saturated heterocycles. The number of benzene rings is 2. The van der Waals surface area contributed by atoms with Crippen LogP contribution in [-0.2, 0) is 0 Å². The summed E-state index contributed by atoms with van der Waals surface area (Å²) >= 11 is 1.61. The van der Waals surface area contributed by atoms with E-state index in [2.05, 4.69) is 4.74 Å². The third kappa shape index (κ3) is 3.14. The molecule has 2 aromatic carbocycles. The van der Waals surface area contributed by atoms with Crippen LogP contribution in [0.4, 0.5) is 22.0 Å². The van der Waals surface area contributed by atoms with E-state index < -0.39 is 40.8 Å². The van der Waals surface area contributed by atoms with Gasteiger partial charge in [0.15, 0.2) is 17.4 Å². The molecule has 2 aromatic rings. The second-order valence-corrected chi connectivity index (χ2v) is 4.98. The lowest BCUT2D eigenvalue weighted by Gasteiger charge is -2.07. The first-order chi connectivity index (χ1) is 9.81. The molecule has 0 N–H and O–H groups in total. The van der Waals surface area contributed by atoms with Gasteiger partial charge in [-0.25, -0.2) is 22.4 Å². The molecule has 0 radical (unpaired) electrons. The monoisotopic (exact) mass is 414 g/mol. The maximum absolute atomic E-state index is 13.3. The SMILES string of the molecule is O=C(Oc1cc(F)c(F)c(F)c1F)c1ccc(F)c(I)c1. The molecular weight excluding hydrogens is 410 g/mol. The van der Waals surface area contributed by atoms with Crippen molar-refractivity contribution in [2.45, 2.75) is 0 Å². The minimum Gasteiger partial charge on any atom is -0.420 e. The topological polar surface area (TPSA) is 26.3 Å². The molecule has 0 atom stereocenters. The van der Waals surface area contributed by atoms with E-state index in [4.69, 9.17) is 0 Å². The molecule has 21 heavy (non-hydrogen) atoms. The molecule has 2 nitrogen and oxygen atoms in total. The van der Waals surface area contributed by atoms with Gasteiger partial charge in [0.2, 0.25) is 11.6 Å². The van der Waals surface area contributed by atoms with Crippen molar-refractivity contribution in [3.63, 3.8) is 0 Å². The molecule has 0 fully saturated rings. The molecule has 0 aliphatic heterocycles. The highest BCUT2D eigenvalue weighted by molar-refractivity contribution is 14.1. The van der Waals surface area contributed by atoms with Crippen LogP contribution in [0, 0.1) is 32.7 Å². The zero-order valence-electron chi connectivity index (χ0n) is 9.89. The molecular formula is C13H4F5IO2. The maximum atomic E-state index is 13.3. The van der Waals surface area contributed by atoms with Gasteiger partial charge in [0.1, 0.15) is 5.82 Å². The predicted molar refractivity (Wildman–Crippen MR) is 70.3 cm³/mol. The molecule has 8 heteroatoms. The highest BCUT2D eigenvalue weighted by Gasteiger charge is 2.22. The lowest BCUT2D eigenvalue weighted by Crippen LogP contribution is -2.11. The van der Waals surface area contributed by atoms with Gasteiger partial charge < -0.3 is 4.74 Å². The lowest BCUT2D eigenvalue weighted by molar-refractivity contribution is 0.0725. The van der Waals surface area contributed by atoms with Crippen LogP contribution >= 0.6 is 22.6 Å². The molecule has 0 bridgehead atoms. The van der Waals surface area contributed by atoms with Crippen molar-refractivity contribution < 1.29 is 31.5 Å². The molecule has 2 rings (SSSR count). The second kappa shape index (κ2) is 5.96. The van der Waals surface area contributed by atoms with Crippen LogP contribution in [0.5, 0.6) is 5.75 Å². The average Bonchev–Trinajstić information content (AvgIpc) is 2.45. The molecule has 0 spiro atoms. The van der Waals surface area contributed by atoms with Crippen LogP contribution in [0.15, 0.2) is 24.3 Å². The van der Waals surface area contributed by atoms with E-state index in [0.717, 1.165) is 18.2 Å². The first kappa shape index (κ1) is 15.7. The Kier molecular flexibility index (Phi) is 4.45. The van der Waals surface area contributed by atoms with E-state index in [1.807, 2.05) is 0 Å². The van der Waals surface area contributed by atoms with E-state index in [-0.39, 0.29) is 15.2 Å². The molecule has 0 saturated carbocycles. The number of hydrogen-bond acceptors (Lipinski definition) is 2. The Morgan fingerprint density at radius 1 is 0.905 bits per heavy atom. The summed E-state index contributed by atoms with van der Waals surface area (Å²) in [6, 6.07) is 3.33. The normalized spacial score (nSPS) is 10.6. The smallest absolute Gasteiger partial charge is 0.343 e. The van der Waals surface area contributed by atoms with Crippen molar-refractivity contribution >= 4 is 28.6 Å². The minimum absolute atomic E-state index is 0.0963. The number of halogens is 6. The summed E-state index contributed by atoms with van der Waals surface area (Å²) in [6.45, 7) is 0. The molecule has 0 unspecified atom stereocenters. The first-order valence-electron chi connectivity index (χ1n) is 5.31. The Hall–Kier alpha value is -1.71. The highest BCUT2D eigenvalue weighted by atomic mass is 127. The molecule has 0 aromatic heterocycles. The summed E-state index contributed by atoms with van der Waals surface area (Å²) in [5.41, 5.74) is -0.162. The van der Waals surface area contributed by atoms with Gasteiger partial charge in [-0.05, 0) is 40.8 Å². The van der Waals surface area contributed by atoms with Crippen LogP contribution in [0.2, 0.25) is 0 Å². The van der Waals surface area contributed by atoms with Gasteiger partial charge in [-0.3, -0.25) is 0 Å². The Balaban J connectivity index is 2.34. The van der Waals surface area contributed by atoms with Crippen molar-refractivity contribution in [1.29, 1.82) is 0 Å². The summed E-state index contributed by atoms with van der Waals surface area (Å²) in [6.07, 6.45) is 0. The number of rotatable bonds is 2. The van der Waals surface area contributed by atoms with Gasteiger partial charge in [-0.2, -0.15) is 4.39 Å². The van der Waals surface area contributed by atoms with Crippen molar-refractivity contribution in [2.75, 3.05) is 0 Å². The number of carbonyl (C=O) groups excluding carboxylic acids is 1. The summed E-state index contributed by atoms with van der Waals surface area (Å²) in [4.78, 5) is 11.7. The summed E-state index contributed by atoms with van der Waals surface area (Å²) in [7, 11) is 0. The zero-order chi connectivity index (χ0) is 15.7. The van der Waals surface area contributed by atoms with E-state index >= 15 is 0 Å². The molecule has 0 aliphatic rings. The fourth-order valence-corrected chi connectivity index (χ4v) is 1.92. The minimum atomic E-state index is -2.09. The van der Waals surface area contributed by atoms with E-state index in [0.29, 0.717) is 0 Å². The standard InChI is InChI=1S/C13H4F5IO2/c14-6-2-1-5(3-8(6)19)13(20)21-9-4-7(15)10(16)12(18)11(9)17/h1-4H. The summed E-state index contributed by atoms with van der Waals surface area (Å²) in [5.74, 6) is -10.5. The Bertz CT molecular complexity index is 733. The Morgan fingerprint density at radius 3 is 2.19 bits per heavy atom. The zero-order valence-corrected chi connectivity index (χ0v) is 12.1. The van der Waals surface area contributed by atoms with Crippen molar-refractivity contribution in [3.05, 3.63) is 62.5 Å². The van der Waals surface area contributed by atoms with Gasteiger partial charge in [0.05, 0.1) is 5.56 Å².